The quantitative estimate of drug-likeness (QED) is 0.160. The van der Waals surface area contributed by atoms with Gasteiger partial charge in [-0.15, -0.1) is 0 Å². The molecule has 0 atom stereocenters. The molecule has 0 unspecified atom stereocenters. The Hall–Kier alpha value is -9.95. The minimum absolute atomic E-state index is 0.134. The fourth-order valence-corrected chi connectivity index (χ4v) is 15.3. The summed E-state index contributed by atoms with van der Waals surface area (Å²) in [6.07, 6.45) is 0. The molecular weight excluding hydrogens is 991 g/mol. The summed E-state index contributed by atoms with van der Waals surface area (Å²) >= 11 is 1.88. The van der Waals surface area contributed by atoms with Gasteiger partial charge >= 0.3 is 0 Å². The van der Waals surface area contributed by atoms with Crippen molar-refractivity contribution in [1.29, 1.82) is 0 Å². The minimum atomic E-state index is -0.157. The van der Waals surface area contributed by atoms with Crippen LogP contribution < -0.4 is 47.6 Å². The van der Waals surface area contributed by atoms with Crippen LogP contribution in [0, 0.1) is 0 Å². The van der Waals surface area contributed by atoms with Crippen LogP contribution in [0.3, 0.4) is 0 Å². The maximum Gasteiger partial charge on any atom is 0.272 e. The highest BCUT2D eigenvalue weighted by Gasteiger charge is 2.48. The predicted octanol–water partition coefficient (Wildman–Crippen LogP) is 14.1. The van der Waals surface area contributed by atoms with Crippen molar-refractivity contribution in [2.45, 2.75) is 9.79 Å². The molecule has 0 N–H and O–H groups in total. The summed E-state index contributed by atoms with van der Waals surface area (Å²) < 4.78 is 4.95. The average Bonchev–Trinajstić information content (AvgIpc) is 3.21. The Morgan fingerprint density at radius 3 is 1.18 bits per heavy atom. The smallest absolute Gasteiger partial charge is 0.272 e. The maximum absolute atomic E-state index is 6.24. The summed E-state index contributed by atoms with van der Waals surface area (Å²) in [5.74, 6) is 0.955. The number of fused-ring (bicyclic) bond motifs is 14. The second-order valence-electron chi connectivity index (χ2n) is 21.4. The molecule has 7 heterocycles. The average molecular weight is 1030 g/mol. The SMILES string of the molecule is c1ccc(N2c3ccccc3B3c4nc5c(cc4Sc4cc(-n6c7ccccc7c7ccccc76)cc2c43)B2c3ccccc3N(c3ccccc3)c3cc(-n4c6ccccc6c6ccccc64)cc(c32)N5c2ccccc2)cc1. The Morgan fingerprint density at radius 2 is 0.675 bits per heavy atom. The molecule has 0 spiro atoms. The van der Waals surface area contributed by atoms with Crippen LogP contribution in [-0.4, -0.2) is 27.5 Å². The third-order valence-electron chi connectivity index (χ3n) is 17.3. The standard InChI is InChI=1S/C71H44B2N6S/c1-4-22-45(23-5-1)75-61-38-20-14-32-54(61)72-56-44-67-70(74-71(56)79(47-26-8-3-9-27-47)64-41-48(40-63(75)68(64)72)77-57-34-16-10-28-50(57)51-29-11-17-35-58(51)77)73-55-33-15-21-39-62(55)76(46-24-6-2-7-25-46)65-42-49(43-66(80-67)69(65)73)78-59-36-18-12-30-52(59)53-31-13-19-37-60(53)78/h1-44H. The van der Waals surface area contributed by atoms with Gasteiger partial charge in [-0.1, -0.05) is 176 Å². The molecule has 11 aromatic carbocycles. The van der Waals surface area contributed by atoms with Crippen LogP contribution in [0.5, 0.6) is 0 Å². The zero-order chi connectivity index (χ0) is 52.2. The fraction of sp³-hybridized carbons (Fsp3) is 0. The highest BCUT2D eigenvalue weighted by atomic mass is 32.2. The van der Waals surface area contributed by atoms with E-state index in [0.29, 0.717) is 0 Å². The van der Waals surface area contributed by atoms with E-state index in [9.17, 15) is 0 Å². The van der Waals surface area contributed by atoms with Crippen molar-refractivity contribution in [3.63, 3.8) is 0 Å². The molecule has 14 aromatic rings. The van der Waals surface area contributed by atoms with Gasteiger partial charge in [-0.25, -0.2) is 4.98 Å². The van der Waals surface area contributed by atoms with Crippen LogP contribution >= 0.6 is 11.8 Å². The van der Waals surface area contributed by atoms with Crippen LogP contribution in [0.1, 0.15) is 0 Å². The molecule has 3 aromatic heterocycles. The Bertz CT molecular complexity index is 4820. The molecule has 4 aliphatic rings. The Labute approximate surface area is 467 Å². The molecule has 370 valence electrons. The van der Waals surface area contributed by atoms with E-state index < -0.39 is 0 Å². The molecule has 4 aliphatic heterocycles. The van der Waals surface area contributed by atoms with Gasteiger partial charge in [0.25, 0.3) is 13.4 Å². The second kappa shape index (κ2) is 16.8. The van der Waals surface area contributed by atoms with Crippen LogP contribution in [0.15, 0.2) is 277 Å². The number of para-hydroxylation sites is 9. The van der Waals surface area contributed by atoms with Gasteiger partial charge in [-0.05, 0) is 130 Å². The van der Waals surface area contributed by atoms with Crippen molar-refractivity contribution in [3.05, 3.63) is 267 Å². The van der Waals surface area contributed by atoms with Crippen LogP contribution in [0.2, 0.25) is 0 Å². The number of benzene rings is 11. The highest BCUT2D eigenvalue weighted by Crippen LogP contribution is 2.48. The monoisotopic (exact) mass is 1030 g/mol. The lowest BCUT2D eigenvalue weighted by atomic mass is 9.33. The van der Waals surface area contributed by atoms with Gasteiger partial charge in [0, 0.05) is 88.1 Å². The molecule has 0 saturated heterocycles. The zero-order valence-electron chi connectivity index (χ0n) is 43.1. The first-order valence-corrected chi connectivity index (χ1v) is 28.3. The van der Waals surface area contributed by atoms with E-state index in [-0.39, 0.29) is 13.4 Å². The molecule has 18 rings (SSSR count). The van der Waals surface area contributed by atoms with Crippen molar-refractivity contribution >= 4 is 153 Å². The molecule has 0 bridgehead atoms. The molecular formula is C71H44B2N6S. The van der Waals surface area contributed by atoms with E-state index in [1.807, 2.05) is 11.8 Å². The summed E-state index contributed by atoms with van der Waals surface area (Å²) in [6.45, 7) is -0.291. The Kier molecular flexibility index (Phi) is 9.24. The second-order valence-corrected chi connectivity index (χ2v) is 22.5. The predicted molar refractivity (Wildman–Crippen MR) is 337 cm³/mol. The summed E-state index contributed by atoms with van der Waals surface area (Å²) in [7, 11) is 0. The maximum atomic E-state index is 6.24. The van der Waals surface area contributed by atoms with E-state index in [1.165, 1.54) is 92.1 Å². The Balaban J connectivity index is 0.937. The minimum Gasteiger partial charge on any atom is -0.311 e. The lowest BCUT2D eigenvalue weighted by Gasteiger charge is -2.45. The number of nitrogens with zero attached hydrogens (tertiary/aromatic N) is 6. The number of hydrogen-bond donors (Lipinski definition) is 0. The van der Waals surface area contributed by atoms with Crippen molar-refractivity contribution < 1.29 is 0 Å². The van der Waals surface area contributed by atoms with Crippen LogP contribution in [-0.2, 0) is 0 Å². The van der Waals surface area contributed by atoms with Crippen molar-refractivity contribution in [3.8, 4) is 11.4 Å². The molecule has 0 radical (unpaired) electrons. The summed E-state index contributed by atoms with van der Waals surface area (Å²) in [4.78, 5) is 16.1. The fourth-order valence-electron chi connectivity index (χ4n) is 14.1. The molecule has 0 amide bonds. The van der Waals surface area contributed by atoms with Gasteiger partial charge < -0.3 is 18.9 Å². The van der Waals surface area contributed by atoms with Gasteiger partial charge in [-0.2, -0.15) is 0 Å². The van der Waals surface area contributed by atoms with Crippen molar-refractivity contribution in [1.82, 2.24) is 14.1 Å². The van der Waals surface area contributed by atoms with E-state index in [4.69, 9.17) is 4.98 Å². The number of hydrogen-bond acceptors (Lipinski definition) is 5. The topological polar surface area (TPSA) is 32.5 Å². The third-order valence-corrected chi connectivity index (χ3v) is 18.4. The molecule has 0 saturated carbocycles. The largest absolute Gasteiger partial charge is 0.311 e. The first-order chi connectivity index (χ1) is 39.7. The molecule has 0 aliphatic carbocycles. The van der Waals surface area contributed by atoms with E-state index >= 15 is 0 Å². The van der Waals surface area contributed by atoms with E-state index in [0.717, 1.165) is 56.9 Å². The van der Waals surface area contributed by atoms with Crippen LogP contribution in [0.25, 0.3) is 55.0 Å². The zero-order valence-corrected chi connectivity index (χ0v) is 44.0. The summed E-state index contributed by atoms with van der Waals surface area (Å²) in [6, 6.07) is 98.6. The first kappa shape index (κ1) is 44.1. The van der Waals surface area contributed by atoms with Gasteiger partial charge in [0.2, 0.25) is 0 Å². The van der Waals surface area contributed by atoms with E-state index in [2.05, 4.69) is 291 Å². The lowest BCUT2D eigenvalue weighted by molar-refractivity contribution is 1.14. The van der Waals surface area contributed by atoms with Gasteiger partial charge in [-0.3, -0.25) is 4.90 Å². The molecule has 6 nitrogen and oxygen atoms in total. The van der Waals surface area contributed by atoms with Crippen molar-refractivity contribution in [2.75, 3.05) is 14.7 Å². The van der Waals surface area contributed by atoms with Gasteiger partial charge in [0.05, 0.1) is 27.8 Å². The number of rotatable bonds is 5. The summed E-state index contributed by atoms with van der Waals surface area (Å²) in [5.41, 5.74) is 23.3. The Morgan fingerprint density at radius 1 is 0.287 bits per heavy atom. The number of aromatic nitrogens is 3. The highest BCUT2D eigenvalue weighted by molar-refractivity contribution is 8.00. The molecule has 80 heavy (non-hydrogen) atoms. The molecule has 9 heteroatoms. The van der Waals surface area contributed by atoms with E-state index in [1.54, 1.807) is 0 Å². The lowest BCUT2D eigenvalue weighted by Crippen LogP contribution is -2.64. The number of pyridine rings is 1. The van der Waals surface area contributed by atoms with Crippen molar-refractivity contribution in [2.24, 2.45) is 0 Å². The van der Waals surface area contributed by atoms with Gasteiger partial charge in [0.1, 0.15) is 5.82 Å². The first-order valence-electron chi connectivity index (χ1n) is 27.5. The molecule has 0 fully saturated rings. The normalized spacial score (nSPS) is 13.6. The van der Waals surface area contributed by atoms with Gasteiger partial charge in [0.15, 0.2) is 0 Å². The third kappa shape index (κ3) is 6.09. The summed E-state index contributed by atoms with van der Waals surface area (Å²) in [5, 5.41) is 4.95. The number of anilines is 9. The van der Waals surface area contributed by atoms with Crippen LogP contribution in [0.4, 0.5) is 51.3 Å².